The van der Waals surface area contributed by atoms with E-state index in [9.17, 15) is 30.0 Å². The van der Waals surface area contributed by atoms with E-state index < -0.39 is 61.1 Å². The molecule has 1 heterocycles. The Morgan fingerprint density at radius 2 is 1.91 bits per heavy atom. The average Bonchev–Trinajstić information content (AvgIpc) is 3.32. The van der Waals surface area contributed by atoms with Crippen LogP contribution in [0.2, 0.25) is 0 Å². The van der Waals surface area contributed by atoms with E-state index in [-0.39, 0.29) is 5.92 Å². The Balaban J connectivity index is 2.22. The molecule has 10 heteroatoms. The number of carboxylic acid groups (broad SMARTS) is 1. The zero-order valence-electron chi connectivity index (χ0n) is 12.2. The molecule has 1 saturated heterocycles. The molecule has 1 amide bonds. The quantitative estimate of drug-likeness (QED) is 0.260. The molecule has 1 aliphatic heterocycles. The van der Waals surface area contributed by atoms with Gasteiger partial charge in [0.1, 0.15) is 18.3 Å². The summed E-state index contributed by atoms with van der Waals surface area (Å²) in [4.78, 5) is 23.0. The summed E-state index contributed by atoms with van der Waals surface area (Å²) in [5, 5.41) is 59.9. The number of amides is 1. The van der Waals surface area contributed by atoms with Crippen LogP contribution < -0.4 is 5.32 Å². The van der Waals surface area contributed by atoms with Crippen LogP contribution in [-0.2, 0) is 14.3 Å². The van der Waals surface area contributed by atoms with Crippen LogP contribution in [0.3, 0.4) is 0 Å². The molecule has 2 fully saturated rings. The monoisotopic (exact) mass is 335 g/mol. The van der Waals surface area contributed by atoms with E-state index in [1.54, 1.807) is 0 Å². The number of rotatable bonds is 6. The third-order valence-corrected chi connectivity index (χ3v) is 4.09. The van der Waals surface area contributed by atoms with E-state index in [1.807, 2.05) is 0 Å². The first kappa shape index (κ1) is 18.0. The van der Waals surface area contributed by atoms with Gasteiger partial charge in [0, 0.05) is 12.3 Å². The molecule has 23 heavy (non-hydrogen) atoms. The second kappa shape index (κ2) is 6.67. The van der Waals surface area contributed by atoms with Crippen LogP contribution in [0.4, 0.5) is 0 Å². The van der Waals surface area contributed by atoms with Crippen LogP contribution in [0.5, 0.6) is 0 Å². The standard InChI is InChI=1S/C13H21NO9/c15-4-7(17)9(18)10-8(14-11(19)5-1-2-5)6(16)3-13(22,23-10)12(20)21/h5-10,15-18,22H,1-4H2,(H,14,19)(H,20,21)/t6-,7+,8+,9+,10+,13-/m0/s1. The average molecular weight is 335 g/mol. The largest absolute Gasteiger partial charge is 0.477 e. The fourth-order valence-electron chi connectivity index (χ4n) is 2.53. The minimum Gasteiger partial charge on any atom is -0.477 e. The fraction of sp³-hybridized carbons (Fsp3) is 0.846. The highest BCUT2D eigenvalue weighted by Crippen LogP contribution is 2.33. The summed E-state index contributed by atoms with van der Waals surface area (Å²) in [6, 6.07) is -1.24. The summed E-state index contributed by atoms with van der Waals surface area (Å²) in [6.07, 6.45) is -6.05. The zero-order chi connectivity index (χ0) is 17.4. The molecule has 6 atom stereocenters. The third-order valence-electron chi connectivity index (χ3n) is 4.09. The number of carbonyl (C=O) groups is 2. The molecule has 10 nitrogen and oxygen atoms in total. The van der Waals surface area contributed by atoms with Gasteiger partial charge in [-0.2, -0.15) is 0 Å². The summed E-state index contributed by atoms with van der Waals surface area (Å²) < 4.78 is 4.96. The van der Waals surface area contributed by atoms with Crippen LogP contribution >= 0.6 is 0 Å². The van der Waals surface area contributed by atoms with Gasteiger partial charge >= 0.3 is 5.97 Å². The van der Waals surface area contributed by atoms with Gasteiger partial charge in [-0.3, -0.25) is 4.79 Å². The number of carboxylic acids is 1. The van der Waals surface area contributed by atoms with E-state index >= 15 is 0 Å². The van der Waals surface area contributed by atoms with Crippen molar-refractivity contribution >= 4 is 11.9 Å². The number of hydrogen-bond donors (Lipinski definition) is 7. The number of nitrogens with one attached hydrogen (secondary N) is 1. The van der Waals surface area contributed by atoms with Crippen molar-refractivity contribution in [3.05, 3.63) is 0 Å². The normalized spacial score (nSPS) is 37.0. The minimum absolute atomic E-state index is 0.219. The van der Waals surface area contributed by atoms with Crippen molar-refractivity contribution in [2.75, 3.05) is 6.61 Å². The fourth-order valence-corrected chi connectivity index (χ4v) is 2.53. The van der Waals surface area contributed by atoms with Gasteiger partial charge in [-0.05, 0) is 12.8 Å². The van der Waals surface area contributed by atoms with E-state index in [2.05, 4.69) is 5.32 Å². The van der Waals surface area contributed by atoms with Gasteiger partial charge in [0.25, 0.3) is 5.79 Å². The first-order valence-electron chi connectivity index (χ1n) is 7.28. The number of aliphatic hydroxyl groups excluding tert-OH is 4. The second-order valence-electron chi connectivity index (χ2n) is 5.99. The number of aliphatic hydroxyl groups is 5. The summed E-state index contributed by atoms with van der Waals surface area (Å²) in [5.74, 6) is -5.17. The Labute approximate surface area is 131 Å². The molecule has 7 N–H and O–H groups in total. The molecular formula is C13H21NO9. The lowest BCUT2D eigenvalue weighted by molar-refractivity contribution is -0.295. The first-order valence-corrected chi connectivity index (χ1v) is 7.28. The molecule has 2 aliphatic rings. The summed E-state index contributed by atoms with van der Waals surface area (Å²) in [5.41, 5.74) is 0. The number of carbonyl (C=O) groups excluding carboxylic acids is 1. The topological polar surface area (TPSA) is 177 Å². The molecule has 0 bridgehead atoms. The maximum atomic E-state index is 11.9. The van der Waals surface area contributed by atoms with Gasteiger partial charge in [-0.15, -0.1) is 0 Å². The molecule has 2 rings (SSSR count). The maximum Gasteiger partial charge on any atom is 0.364 e. The molecule has 0 spiro atoms. The van der Waals surface area contributed by atoms with E-state index in [0.29, 0.717) is 12.8 Å². The summed E-state index contributed by atoms with van der Waals surface area (Å²) >= 11 is 0. The van der Waals surface area contributed by atoms with E-state index in [0.717, 1.165) is 0 Å². The maximum absolute atomic E-state index is 11.9. The Morgan fingerprint density at radius 1 is 1.30 bits per heavy atom. The zero-order valence-corrected chi connectivity index (χ0v) is 12.2. The van der Waals surface area contributed by atoms with Crippen molar-refractivity contribution in [2.24, 2.45) is 5.92 Å². The predicted octanol–water partition coefficient (Wildman–Crippen LogP) is -3.48. The van der Waals surface area contributed by atoms with Crippen LogP contribution in [-0.4, -0.2) is 85.4 Å². The van der Waals surface area contributed by atoms with Crippen LogP contribution in [0.15, 0.2) is 0 Å². The van der Waals surface area contributed by atoms with E-state index in [1.165, 1.54) is 0 Å². The van der Waals surface area contributed by atoms with Crippen LogP contribution in [0.1, 0.15) is 19.3 Å². The highest BCUT2D eigenvalue weighted by molar-refractivity contribution is 5.81. The van der Waals surface area contributed by atoms with Crippen molar-refractivity contribution in [2.45, 2.75) is 55.5 Å². The Morgan fingerprint density at radius 3 is 2.39 bits per heavy atom. The van der Waals surface area contributed by atoms with Crippen molar-refractivity contribution in [1.29, 1.82) is 0 Å². The number of hydrogen-bond acceptors (Lipinski definition) is 8. The van der Waals surface area contributed by atoms with Crippen molar-refractivity contribution in [3.8, 4) is 0 Å². The lowest BCUT2D eigenvalue weighted by Gasteiger charge is -2.44. The van der Waals surface area contributed by atoms with Gasteiger partial charge in [0.15, 0.2) is 0 Å². The first-order chi connectivity index (χ1) is 10.7. The molecule has 0 aromatic heterocycles. The molecule has 0 aromatic carbocycles. The Bertz CT molecular complexity index is 468. The SMILES string of the molecule is O=C(N[C@H]1[C@H]([C@H](O)[C@H](O)CO)O[C@](O)(C(=O)O)C[C@@H]1O)C1CC1. The van der Waals surface area contributed by atoms with Crippen molar-refractivity contribution in [1.82, 2.24) is 5.32 Å². The molecule has 0 radical (unpaired) electrons. The van der Waals surface area contributed by atoms with Gasteiger partial charge < -0.3 is 40.7 Å². The molecule has 0 unspecified atom stereocenters. The molecular weight excluding hydrogens is 314 g/mol. The molecule has 132 valence electrons. The molecule has 1 aliphatic carbocycles. The lowest BCUT2D eigenvalue weighted by Crippen LogP contribution is -2.67. The second-order valence-corrected chi connectivity index (χ2v) is 5.99. The molecule has 1 saturated carbocycles. The third kappa shape index (κ3) is 3.79. The highest BCUT2D eigenvalue weighted by Gasteiger charge is 2.54. The summed E-state index contributed by atoms with van der Waals surface area (Å²) in [7, 11) is 0. The van der Waals surface area contributed by atoms with Gasteiger partial charge in [-0.25, -0.2) is 4.79 Å². The van der Waals surface area contributed by atoms with E-state index in [4.69, 9.17) is 14.9 Å². The predicted molar refractivity (Wildman–Crippen MR) is 71.8 cm³/mol. The van der Waals surface area contributed by atoms with Gasteiger partial charge in [0.2, 0.25) is 5.91 Å². The van der Waals surface area contributed by atoms with Gasteiger partial charge in [-0.1, -0.05) is 0 Å². The Kier molecular flexibility index (Phi) is 5.23. The van der Waals surface area contributed by atoms with Gasteiger partial charge in [0.05, 0.1) is 18.8 Å². The number of aliphatic carboxylic acids is 1. The molecule has 0 aromatic rings. The van der Waals surface area contributed by atoms with Crippen molar-refractivity contribution < 1.29 is 45.0 Å². The Hall–Kier alpha value is -1.30. The lowest BCUT2D eigenvalue weighted by atomic mass is 9.88. The minimum atomic E-state index is -2.78. The highest BCUT2D eigenvalue weighted by atomic mass is 16.7. The number of ether oxygens (including phenoxy) is 1. The van der Waals surface area contributed by atoms with Crippen LogP contribution in [0.25, 0.3) is 0 Å². The van der Waals surface area contributed by atoms with Crippen LogP contribution in [0, 0.1) is 5.92 Å². The van der Waals surface area contributed by atoms with Crippen molar-refractivity contribution in [3.63, 3.8) is 0 Å². The smallest absolute Gasteiger partial charge is 0.364 e. The summed E-state index contributed by atoms with van der Waals surface area (Å²) in [6.45, 7) is -0.855.